The first kappa shape index (κ1) is 15.5. The minimum atomic E-state index is -0.857. The lowest BCUT2D eigenvalue weighted by molar-refractivity contribution is -0.142. The second-order valence-electron chi connectivity index (χ2n) is 6.33. The average Bonchev–Trinajstić information content (AvgIpc) is 3.12. The Kier molecular flexibility index (Phi) is 4.07. The number of hydrogen-bond donors (Lipinski definition) is 1. The number of carboxylic acids is 1. The third kappa shape index (κ3) is 2.93. The minimum absolute atomic E-state index is 0.0557. The molecule has 2 aliphatic heterocycles. The van der Waals surface area contributed by atoms with Crippen LogP contribution >= 0.6 is 0 Å². The quantitative estimate of drug-likeness (QED) is 0.919. The number of hydrogen-bond acceptors (Lipinski definition) is 3. The Morgan fingerprint density at radius 2 is 2.04 bits per heavy atom. The van der Waals surface area contributed by atoms with Crippen molar-refractivity contribution in [2.75, 3.05) is 24.5 Å². The van der Waals surface area contributed by atoms with E-state index in [0.29, 0.717) is 25.1 Å². The summed E-state index contributed by atoms with van der Waals surface area (Å²) in [5, 5.41) is 9.19. The highest BCUT2D eigenvalue weighted by Crippen LogP contribution is 2.27. The fourth-order valence-corrected chi connectivity index (χ4v) is 3.36. The van der Waals surface area contributed by atoms with Crippen molar-refractivity contribution in [1.82, 2.24) is 4.90 Å². The van der Waals surface area contributed by atoms with Crippen LogP contribution in [0.15, 0.2) is 24.3 Å². The molecular weight excluding hydrogens is 296 g/mol. The Hall–Kier alpha value is -2.37. The molecule has 6 nitrogen and oxygen atoms in total. The molecule has 122 valence electrons. The Balaban J connectivity index is 1.78. The van der Waals surface area contributed by atoms with Gasteiger partial charge in [-0.1, -0.05) is 13.0 Å². The molecule has 0 aromatic heterocycles. The van der Waals surface area contributed by atoms with Crippen LogP contribution in [0.5, 0.6) is 0 Å². The van der Waals surface area contributed by atoms with Gasteiger partial charge < -0.3 is 14.9 Å². The van der Waals surface area contributed by atoms with Crippen molar-refractivity contribution < 1.29 is 19.5 Å². The number of amides is 2. The van der Waals surface area contributed by atoms with E-state index in [9.17, 15) is 19.5 Å². The van der Waals surface area contributed by atoms with Gasteiger partial charge in [-0.2, -0.15) is 0 Å². The number of anilines is 1. The van der Waals surface area contributed by atoms with E-state index < -0.39 is 11.9 Å². The summed E-state index contributed by atoms with van der Waals surface area (Å²) in [7, 11) is 0. The molecule has 2 fully saturated rings. The van der Waals surface area contributed by atoms with Crippen LogP contribution in [-0.2, 0) is 9.59 Å². The van der Waals surface area contributed by atoms with Crippen molar-refractivity contribution in [1.29, 1.82) is 0 Å². The number of benzene rings is 1. The first-order valence-corrected chi connectivity index (χ1v) is 7.90. The second kappa shape index (κ2) is 6.02. The zero-order valence-corrected chi connectivity index (χ0v) is 13.1. The molecule has 0 bridgehead atoms. The molecule has 1 aromatic rings. The smallest absolute Gasteiger partial charge is 0.308 e. The molecule has 2 aliphatic rings. The van der Waals surface area contributed by atoms with Gasteiger partial charge >= 0.3 is 5.97 Å². The number of carbonyl (C=O) groups excluding carboxylic acids is 2. The highest BCUT2D eigenvalue weighted by Gasteiger charge is 2.37. The van der Waals surface area contributed by atoms with Gasteiger partial charge in [-0.05, 0) is 30.5 Å². The summed E-state index contributed by atoms with van der Waals surface area (Å²) >= 11 is 0. The van der Waals surface area contributed by atoms with Crippen molar-refractivity contribution in [3.8, 4) is 0 Å². The number of nitrogens with zero attached hydrogens (tertiary/aromatic N) is 2. The lowest BCUT2D eigenvalue weighted by Gasteiger charge is -2.19. The summed E-state index contributed by atoms with van der Waals surface area (Å²) in [4.78, 5) is 39.0. The number of carboxylic acid groups (broad SMARTS) is 1. The van der Waals surface area contributed by atoms with Gasteiger partial charge in [-0.25, -0.2) is 0 Å². The zero-order chi connectivity index (χ0) is 16.6. The molecule has 0 unspecified atom stereocenters. The first-order chi connectivity index (χ1) is 11.0. The summed E-state index contributed by atoms with van der Waals surface area (Å²) < 4.78 is 0. The number of carbonyl (C=O) groups is 3. The molecule has 3 rings (SSSR count). The maximum Gasteiger partial charge on any atom is 0.308 e. The van der Waals surface area contributed by atoms with Gasteiger partial charge in [0, 0.05) is 37.3 Å². The molecule has 1 aromatic carbocycles. The van der Waals surface area contributed by atoms with Gasteiger partial charge in [0.25, 0.3) is 5.91 Å². The topological polar surface area (TPSA) is 77.9 Å². The Morgan fingerprint density at radius 1 is 1.26 bits per heavy atom. The monoisotopic (exact) mass is 316 g/mol. The third-order valence-electron chi connectivity index (χ3n) is 4.69. The van der Waals surface area contributed by atoms with E-state index in [2.05, 4.69) is 0 Å². The summed E-state index contributed by atoms with van der Waals surface area (Å²) in [5.41, 5.74) is 1.24. The molecule has 6 heteroatoms. The molecule has 2 amide bonds. The van der Waals surface area contributed by atoms with Crippen LogP contribution in [0, 0.1) is 11.8 Å². The Morgan fingerprint density at radius 3 is 2.65 bits per heavy atom. The number of aliphatic carboxylic acids is 1. The lowest BCUT2D eigenvalue weighted by atomic mass is 9.99. The van der Waals surface area contributed by atoms with E-state index in [4.69, 9.17) is 0 Å². The van der Waals surface area contributed by atoms with Crippen molar-refractivity contribution in [3.63, 3.8) is 0 Å². The fourth-order valence-electron chi connectivity index (χ4n) is 3.36. The maximum atomic E-state index is 12.6. The fraction of sp³-hybridized carbons (Fsp3) is 0.471. The van der Waals surface area contributed by atoms with Crippen LogP contribution in [0.2, 0.25) is 0 Å². The average molecular weight is 316 g/mol. The predicted molar refractivity (Wildman–Crippen MR) is 84.2 cm³/mol. The van der Waals surface area contributed by atoms with E-state index in [1.807, 2.05) is 13.0 Å². The summed E-state index contributed by atoms with van der Waals surface area (Å²) in [6.07, 6.45) is 1.38. The van der Waals surface area contributed by atoms with Gasteiger partial charge in [0.2, 0.25) is 5.91 Å². The second-order valence-corrected chi connectivity index (χ2v) is 6.33. The lowest BCUT2D eigenvalue weighted by Crippen LogP contribution is -2.30. The van der Waals surface area contributed by atoms with Gasteiger partial charge in [-0.3, -0.25) is 14.4 Å². The van der Waals surface area contributed by atoms with Crippen molar-refractivity contribution >= 4 is 23.5 Å². The molecule has 2 heterocycles. The van der Waals surface area contributed by atoms with E-state index in [0.717, 1.165) is 12.1 Å². The summed E-state index contributed by atoms with van der Waals surface area (Å²) in [5.74, 6) is -1.52. The van der Waals surface area contributed by atoms with Crippen LogP contribution in [0.3, 0.4) is 0 Å². The van der Waals surface area contributed by atoms with Crippen LogP contribution in [0.25, 0.3) is 0 Å². The standard InChI is InChI=1S/C17H20N2O4/c1-11-9-18(10-14(11)17(22)23)16(21)12-4-2-5-13(8-12)19-7-3-6-15(19)20/h2,4-5,8,11,14H,3,6-7,9-10H2,1H3,(H,22,23)/t11-,14-/m1/s1. The highest BCUT2D eigenvalue weighted by atomic mass is 16.4. The van der Waals surface area contributed by atoms with Gasteiger partial charge in [0.15, 0.2) is 0 Å². The van der Waals surface area contributed by atoms with Gasteiger partial charge in [0.05, 0.1) is 5.92 Å². The molecule has 0 spiro atoms. The molecule has 23 heavy (non-hydrogen) atoms. The Bertz CT molecular complexity index is 658. The largest absolute Gasteiger partial charge is 0.481 e. The van der Waals surface area contributed by atoms with Crippen molar-refractivity contribution in [3.05, 3.63) is 29.8 Å². The van der Waals surface area contributed by atoms with E-state index in [-0.39, 0.29) is 24.3 Å². The van der Waals surface area contributed by atoms with E-state index in [1.165, 1.54) is 0 Å². The molecule has 2 saturated heterocycles. The molecule has 0 radical (unpaired) electrons. The van der Waals surface area contributed by atoms with Crippen LogP contribution < -0.4 is 4.90 Å². The molecule has 0 saturated carbocycles. The summed E-state index contributed by atoms with van der Waals surface area (Å²) in [6, 6.07) is 7.03. The molecular formula is C17H20N2O4. The maximum absolute atomic E-state index is 12.6. The van der Waals surface area contributed by atoms with Crippen LogP contribution in [-0.4, -0.2) is 47.4 Å². The zero-order valence-electron chi connectivity index (χ0n) is 13.1. The SMILES string of the molecule is C[C@@H]1CN(C(=O)c2cccc(N3CCCC3=O)c2)C[C@H]1C(=O)O. The highest BCUT2D eigenvalue weighted by molar-refractivity contribution is 5.99. The number of likely N-dealkylation sites (tertiary alicyclic amines) is 1. The number of rotatable bonds is 3. The van der Waals surface area contributed by atoms with Crippen molar-refractivity contribution in [2.24, 2.45) is 11.8 Å². The van der Waals surface area contributed by atoms with E-state index >= 15 is 0 Å². The molecule has 1 N–H and O–H groups in total. The van der Waals surface area contributed by atoms with Crippen molar-refractivity contribution in [2.45, 2.75) is 19.8 Å². The van der Waals surface area contributed by atoms with E-state index in [1.54, 1.807) is 28.0 Å². The Labute approximate surface area is 134 Å². The van der Waals surface area contributed by atoms with Gasteiger partial charge in [-0.15, -0.1) is 0 Å². The molecule has 2 atom stereocenters. The van der Waals surface area contributed by atoms with Crippen LogP contribution in [0.4, 0.5) is 5.69 Å². The molecule has 0 aliphatic carbocycles. The normalized spacial score (nSPS) is 24.3. The van der Waals surface area contributed by atoms with Crippen LogP contribution in [0.1, 0.15) is 30.1 Å². The first-order valence-electron chi connectivity index (χ1n) is 7.90. The minimum Gasteiger partial charge on any atom is -0.481 e. The predicted octanol–water partition coefficient (Wildman–Crippen LogP) is 1.61. The third-order valence-corrected chi connectivity index (χ3v) is 4.69. The summed E-state index contributed by atoms with van der Waals surface area (Å²) in [6.45, 7) is 3.22. The van der Waals surface area contributed by atoms with Gasteiger partial charge in [0.1, 0.15) is 0 Å².